The summed E-state index contributed by atoms with van der Waals surface area (Å²) >= 11 is 0. The minimum Gasteiger partial charge on any atom is -0.453 e. The van der Waals surface area contributed by atoms with E-state index in [0.717, 1.165) is 0 Å². The van der Waals surface area contributed by atoms with Crippen LogP contribution in [0.3, 0.4) is 0 Å². The zero-order valence-corrected chi connectivity index (χ0v) is 13.6. The van der Waals surface area contributed by atoms with Gasteiger partial charge in [-0.1, -0.05) is 0 Å². The number of amides is 1. The summed E-state index contributed by atoms with van der Waals surface area (Å²) in [5.41, 5.74) is 1.91. The van der Waals surface area contributed by atoms with Crippen LogP contribution in [0, 0.1) is 13.8 Å². The van der Waals surface area contributed by atoms with Crippen molar-refractivity contribution in [3.8, 4) is 0 Å². The first-order valence-electron chi connectivity index (χ1n) is 7.46. The smallest absolute Gasteiger partial charge is 0.329 e. The molecule has 1 aromatic rings. The molecule has 1 aromatic heterocycles. The van der Waals surface area contributed by atoms with Crippen LogP contribution in [-0.2, 0) is 14.3 Å². The summed E-state index contributed by atoms with van der Waals surface area (Å²) in [6.07, 6.45) is -0.358. The number of aromatic nitrogens is 1. The number of ether oxygens (including phenoxy) is 1. The van der Waals surface area contributed by atoms with Crippen molar-refractivity contribution in [2.45, 2.75) is 52.7 Å². The van der Waals surface area contributed by atoms with Gasteiger partial charge >= 0.3 is 5.97 Å². The number of aryl methyl sites for hydroxylation is 1. The molecule has 0 bridgehead atoms. The number of H-pyrrole nitrogens is 1. The summed E-state index contributed by atoms with van der Waals surface area (Å²) in [4.78, 5) is 50.0. The van der Waals surface area contributed by atoms with Gasteiger partial charge in [0.25, 0.3) is 0 Å². The van der Waals surface area contributed by atoms with Crippen molar-refractivity contribution < 1.29 is 23.9 Å². The molecule has 0 aliphatic carbocycles. The van der Waals surface area contributed by atoms with Gasteiger partial charge in [-0.15, -0.1) is 0 Å². The number of Topliss-reactive ketones (excluding diaryl/α,β-unsaturated/α-hetero) is 2. The number of carbonyl (C=O) groups excluding carboxylic acids is 4. The lowest BCUT2D eigenvalue weighted by Crippen LogP contribution is -2.38. The number of hydrogen-bond donors (Lipinski definition) is 2. The van der Waals surface area contributed by atoms with Gasteiger partial charge in [0.2, 0.25) is 11.7 Å². The van der Waals surface area contributed by atoms with Crippen LogP contribution in [-0.4, -0.2) is 40.6 Å². The summed E-state index contributed by atoms with van der Waals surface area (Å²) < 4.78 is 5.16. The Labute approximate surface area is 133 Å². The van der Waals surface area contributed by atoms with E-state index in [1.165, 1.54) is 13.8 Å². The zero-order valence-electron chi connectivity index (χ0n) is 13.6. The fourth-order valence-electron chi connectivity index (χ4n) is 2.83. The molecule has 0 spiro atoms. The predicted molar refractivity (Wildman–Crippen MR) is 81.3 cm³/mol. The predicted octanol–water partition coefficient (Wildman–Crippen LogP) is 1.23. The van der Waals surface area contributed by atoms with E-state index in [4.69, 9.17) is 4.74 Å². The Morgan fingerprint density at radius 2 is 1.91 bits per heavy atom. The number of ketones is 2. The summed E-state index contributed by atoms with van der Waals surface area (Å²) in [5, 5.41) is 2.50. The molecule has 0 aromatic carbocycles. The lowest BCUT2D eigenvalue weighted by Gasteiger charge is -2.15. The highest BCUT2D eigenvalue weighted by molar-refractivity contribution is 6.05. The Balaban J connectivity index is 2.11. The normalized spacial score (nSPS) is 18.4. The SMILES string of the molecule is CC(=O)c1c(C)[nH]c(C(=O)[C@H](C)OC(=O)[C@H]2CCC(=O)N2)c1C. The van der Waals surface area contributed by atoms with Gasteiger partial charge in [0.15, 0.2) is 11.9 Å². The largest absolute Gasteiger partial charge is 0.453 e. The molecule has 7 heteroatoms. The Hall–Kier alpha value is -2.44. The number of nitrogens with one attached hydrogen (secondary N) is 2. The molecule has 1 aliphatic heterocycles. The lowest BCUT2D eigenvalue weighted by atomic mass is 10.0. The maximum Gasteiger partial charge on any atom is 0.329 e. The molecule has 2 rings (SSSR count). The van der Waals surface area contributed by atoms with Crippen molar-refractivity contribution >= 4 is 23.4 Å². The van der Waals surface area contributed by atoms with E-state index in [1.54, 1.807) is 13.8 Å². The molecule has 1 saturated heterocycles. The lowest BCUT2D eigenvalue weighted by molar-refractivity contribution is -0.149. The van der Waals surface area contributed by atoms with Gasteiger partial charge in [0.05, 0.1) is 5.69 Å². The van der Waals surface area contributed by atoms with E-state index in [0.29, 0.717) is 23.2 Å². The highest BCUT2D eigenvalue weighted by atomic mass is 16.5. The average Bonchev–Trinajstić information content (AvgIpc) is 3.01. The summed E-state index contributed by atoms with van der Waals surface area (Å²) in [7, 11) is 0. The van der Waals surface area contributed by atoms with Crippen molar-refractivity contribution in [3.05, 3.63) is 22.5 Å². The van der Waals surface area contributed by atoms with Crippen molar-refractivity contribution in [2.75, 3.05) is 0 Å². The van der Waals surface area contributed by atoms with E-state index in [1.807, 2.05) is 0 Å². The Morgan fingerprint density at radius 1 is 1.26 bits per heavy atom. The molecule has 1 fully saturated rings. The van der Waals surface area contributed by atoms with Crippen molar-refractivity contribution in [1.29, 1.82) is 0 Å². The minimum absolute atomic E-state index is 0.131. The maximum atomic E-state index is 12.5. The number of rotatable bonds is 5. The molecule has 0 radical (unpaired) electrons. The molecule has 1 amide bonds. The van der Waals surface area contributed by atoms with Gasteiger partial charge in [0, 0.05) is 17.7 Å². The monoisotopic (exact) mass is 320 g/mol. The Kier molecular flexibility index (Phi) is 4.68. The van der Waals surface area contributed by atoms with Crippen LogP contribution in [0.4, 0.5) is 0 Å². The molecular weight excluding hydrogens is 300 g/mol. The minimum atomic E-state index is -1.00. The van der Waals surface area contributed by atoms with Crippen LogP contribution < -0.4 is 5.32 Å². The van der Waals surface area contributed by atoms with E-state index in [9.17, 15) is 19.2 Å². The molecule has 1 aliphatic rings. The number of aromatic amines is 1. The van der Waals surface area contributed by atoms with E-state index in [2.05, 4.69) is 10.3 Å². The standard InChI is InChI=1S/C16H20N2O5/c1-7-13(9(3)19)8(2)17-14(7)15(21)10(4)23-16(22)11-5-6-12(20)18-11/h10-11,17H,5-6H2,1-4H3,(H,18,20)/t10-,11+/m0/s1. The van der Waals surface area contributed by atoms with Gasteiger partial charge in [-0.05, 0) is 39.7 Å². The Bertz CT molecular complexity index is 689. The van der Waals surface area contributed by atoms with E-state index < -0.39 is 23.9 Å². The molecule has 2 atom stereocenters. The first kappa shape index (κ1) is 16.9. The van der Waals surface area contributed by atoms with Crippen LogP contribution in [0.2, 0.25) is 0 Å². The fraction of sp³-hybridized carbons (Fsp3) is 0.500. The van der Waals surface area contributed by atoms with Gasteiger partial charge in [-0.3, -0.25) is 14.4 Å². The molecule has 2 heterocycles. The average molecular weight is 320 g/mol. The highest BCUT2D eigenvalue weighted by Gasteiger charge is 2.32. The van der Waals surface area contributed by atoms with Crippen molar-refractivity contribution in [1.82, 2.24) is 10.3 Å². The second kappa shape index (κ2) is 6.36. The quantitative estimate of drug-likeness (QED) is 0.627. The number of hydrogen-bond acceptors (Lipinski definition) is 5. The molecule has 7 nitrogen and oxygen atoms in total. The van der Waals surface area contributed by atoms with Crippen molar-refractivity contribution in [2.24, 2.45) is 0 Å². The molecule has 2 N–H and O–H groups in total. The van der Waals surface area contributed by atoms with E-state index in [-0.39, 0.29) is 23.8 Å². The number of esters is 1. The van der Waals surface area contributed by atoms with Crippen LogP contribution >= 0.6 is 0 Å². The fourth-order valence-corrected chi connectivity index (χ4v) is 2.83. The van der Waals surface area contributed by atoms with Gasteiger partial charge < -0.3 is 15.0 Å². The van der Waals surface area contributed by atoms with Crippen LogP contribution in [0.25, 0.3) is 0 Å². The van der Waals surface area contributed by atoms with Gasteiger partial charge in [-0.2, -0.15) is 0 Å². The molecular formula is C16H20N2O5. The summed E-state index contributed by atoms with van der Waals surface area (Å²) in [6, 6.07) is -0.697. The second-order valence-electron chi connectivity index (χ2n) is 5.78. The highest BCUT2D eigenvalue weighted by Crippen LogP contribution is 2.21. The number of carbonyl (C=O) groups is 4. The third kappa shape index (κ3) is 3.33. The van der Waals surface area contributed by atoms with Crippen LogP contribution in [0.1, 0.15) is 58.8 Å². The van der Waals surface area contributed by atoms with Crippen LogP contribution in [0.5, 0.6) is 0 Å². The molecule has 23 heavy (non-hydrogen) atoms. The topological polar surface area (TPSA) is 105 Å². The van der Waals surface area contributed by atoms with Gasteiger partial charge in [0.1, 0.15) is 6.04 Å². The first-order chi connectivity index (χ1) is 10.7. The zero-order chi connectivity index (χ0) is 17.3. The summed E-state index contributed by atoms with van der Waals surface area (Å²) in [5.74, 6) is -1.36. The van der Waals surface area contributed by atoms with Crippen molar-refractivity contribution in [3.63, 3.8) is 0 Å². The molecule has 0 saturated carbocycles. The molecule has 124 valence electrons. The Morgan fingerprint density at radius 3 is 2.39 bits per heavy atom. The third-order valence-electron chi connectivity index (χ3n) is 3.98. The third-order valence-corrected chi connectivity index (χ3v) is 3.98. The van der Waals surface area contributed by atoms with Crippen LogP contribution in [0.15, 0.2) is 0 Å². The second-order valence-corrected chi connectivity index (χ2v) is 5.78. The first-order valence-corrected chi connectivity index (χ1v) is 7.46. The maximum absolute atomic E-state index is 12.5. The van der Waals surface area contributed by atoms with E-state index >= 15 is 0 Å². The van der Waals surface area contributed by atoms with Gasteiger partial charge in [-0.25, -0.2) is 4.79 Å². The molecule has 0 unspecified atom stereocenters. The summed E-state index contributed by atoms with van der Waals surface area (Å²) in [6.45, 7) is 6.30.